The van der Waals surface area contributed by atoms with Crippen molar-refractivity contribution in [3.8, 4) is 5.75 Å². The molecule has 0 aromatic heterocycles. The highest BCUT2D eigenvalue weighted by Gasteiger charge is 2.24. The normalized spacial score (nSPS) is 19.6. The molecule has 0 N–H and O–H groups in total. The smallest absolute Gasteiger partial charge is 0.201 e. The van der Waals surface area contributed by atoms with Gasteiger partial charge in [0, 0.05) is 12.3 Å². The van der Waals surface area contributed by atoms with Crippen LogP contribution >= 0.6 is 11.6 Å². The molecule has 7 aromatic carbocycles. The molecule has 3 atom stereocenters. The van der Waals surface area contributed by atoms with Crippen molar-refractivity contribution >= 4 is 22.4 Å². The molecule has 2 heterocycles. The summed E-state index contributed by atoms with van der Waals surface area (Å²) in [7, 11) is 0. The van der Waals surface area contributed by atoms with Crippen molar-refractivity contribution in [2.75, 3.05) is 13.2 Å². The average Bonchev–Trinajstić information content (AvgIpc) is 0.789. The van der Waals surface area contributed by atoms with E-state index in [-0.39, 0.29) is 51.6 Å². The zero-order valence-corrected chi connectivity index (χ0v) is 63.3. The highest BCUT2D eigenvalue weighted by Crippen LogP contribution is 2.34. The van der Waals surface area contributed by atoms with Gasteiger partial charge < -0.3 is 14.2 Å². The quantitative estimate of drug-likeness (QED) is 0.112. The summed E-state index contributed by atoms with van der Waals surface area (Å²) in [5.41, 5.74) is 10.6. The highest BCUT2D eigenvalue weighted by molar-refractivity contribution is 6.31. The first-order chi connectivity index (χ1) is 46.4. The number of halogens is 11. The number of aryl methyl sites for hydroxylation is 12. The zero-order chi connectivity index (χ0) is 74.5. The number of fused-ring (bicyclic) bond motifs is 2. The van der Waals surface area contributed by atoms with Crippen molar-refractivity contribution in [3.63, 3.8) is 0 Å². The lowest BCUT2D eigenvalue weighted by Gasteiger charge is -2.24. The summed E-state index contributed by atoms with van der Waals surface area (Å²) in [5, 5.41) is 0.354. The Morgan fingerprint density at radius 3 is 1.27 bits per heavy atom. The maximum atomic E-state index is 13.6. The first-order valence-corrected chi connectivity index (χ1v) is 35.3. The fourth-order valence-electron chi connectivity index (χ4n) is 10.6. The molecule has 3 nitrogen and oxygen atoms in total. The summed E-state index contributed by atoms with van der Waals surface area (Å²) < 4.78 is 146. The molecule has 14 heteroatoms. The molecule has 12 rings (SSSR count). The first kappa shape index (κ1) is 86.8. The van der Waals surface area contributed by atoms with Gasteiger partial charge in [-0.2, -0.15) is 4.39 Å². The van der Waals surface area contributed by atoms with Crippen molar-refractivity contribution in [3.05, 3.63) is 238 Å². The standard InChI is InChI=1S/C12H9F3.C11H12F2O.C8H8ClF.C8H8F2.C8H13F.C8H9F.C8H16.C8H14.C8H10.C6H12O2/c1-6-3-4-8-5-7(2)11(14)12(15)9(8)10(6)13;1-6-5-8-4-3-7(2)14-11(8)10(13)9(6)12;2*1-5-3-4-6(2)8(10)7(5)9;2*1-6-3-4-7(2)8(9)5-6;3*1-7-3-5-8(2)6-4-7;1-5-3-7-6(2)8-4-5/h3-5H,1-2H3;5,7H,3-4H2,1-2H3;2*3-4H,1-2H3;6H,3-5H2,1-2H3;3-5H,1-2H3;7-8H,3-6H2,1-2H3;3,8H,4-6H2,1-2H3;3-6H,1-2H3;5-6H,3-4H2,1-2H3. The van der Waals surface area contributed by atoms with Crippen LogP contribution in [0.1, 0.15) is 200 Å². The van der Waals surface area contributed by atoms with E-state index in [9.17, 15) is 43.9 Å². The molecular weight excluding hydrogens is 1290 g/mol. The lowest BCUT2D eigenvalue weighted by Crippen LogP contribution is -2.27. The highest BCUT2D eigenvalue weighted by atomic mass is 35.5. The maximum Gasteiger partial charge on any atom is 0.201 e. The Balaban J connectivity index is 0.000000289. The molecule has 0 bridgehead atoms. The number of ether oxygens (including phenoxy) is 3. The Kier molecular flexibility index (Phi) is 38.1. The number of hydrogen-bond donors (Lipinski definition) is 0. The van der Waals surface area contributed by atoms with Crippen LogP contribution in [0.2, 0.25) is 5.02 Å². The summed E-state index contributed by atoms with van der Waals surface area (Å²) in [6.45, 7) is 39.8. The fraction of sp³-hybridized carbons (Fsp3) is 0.482. The van der Waals surface area contributed by atoms with E-state index in [1.165, 1.54) is 102 Å². The molecular formula is C85H111ClF10O3. The van der Waals surface area contributed by atoms with E-state index in [4.69, 9.17) is 25.8 Å². The van der Waals surface area contributed by atoms with E-state index in [0.717, 1.165) is 72.5 Å². The van der Waals surface area contributed by atoms with Gasteiger partial charge in [-0.3, -0.25) is 0 Å². The Bertz CT molecular complexity index is 3520. The number of allylic oxidation sites excluding steroid dienone is 4. The second kappa shape index (κ2) is 43.4. The molecule has 3 aliphatic carbocycles. The van der Waals surface area contributed by atoms with Gasteiger partial charge in [0.15, 0.2) is 41.1 Å². The van der Waals surface area contributed by atoms with Crippen molar-refractivity contribution in [1.82, 2.24) is 0 Å². The minimum atomic E-state index is -1.11. The lowest BCUT2D eigenvalue weighted by atomic mass is 9.84. The van der Waals surface area contributed by atoms with Crippen molar-refractivity contribution in [2.45, 2.75) is 228 Å². The van der Waals surface area contributed by atoms with Crippen LogP contribution in [0.25, 0.3) is 10.8 Å². The molecule has 3 unspecified atom stereocenters. The summed E-state index contributed by atoms with van der Waals surface area (Å²) in [4.78, 5) is 0. The third-order valence-electron chi connectivity index (χ3n) is 18.0. The molecule has 99 heavy (non-hydrogen) atoms. The van der Waals surface area contributed by atoms with Gasteiger partial charge in [-0.1, -0.05) is 167 Å². The predicted molar refractivity (Wildman–Crippen MR) is 392 cm³/mol. The second-order valence-electron chi connectivity index (χ2n) is 28.1. The Morgan fingerprint density at radius 2 is 0.818 bits per heavy atom. The SMILES string of the molecule is CC1=C(F)CC(C)CC1.CC1=CCC(C)CC1.CC1CCC(C)CC1.CC1COC(C)OC1.Cc1cc2c(c(F)c1F)OC(C)CC2.Cc1cc2ccc(C)c(F)c2c(F)c1F.Cc1ccc(C)c(Cl)c1F.Cc1ccc(C)c(F)c1.Cc1ccc(C)c(F)c1F.Cc1ccc(C)cc1. The molecule has 7 aromatic rings. The van der Waals surface area contributed by atoms with E-state index in [0.29, 0.717) is 57.0 Å². The van der Waals surface area contributed by atoms with Crippen LogP contribution in [0.3, 0.4) is 0 Å². The zero-order valence-electron chi connectivity index (χ0n) is 62.6. The average molecular weight is 1410 g/mol. The molecule has 5 aliphatic rings. The summed E-state index contributed by atoms with van der Waals surface area (Å²) >= 11 is 5.61. The van der Waals surface area contributed by atoms with Gasteiger partial charge in [-0.05, 0) is 257 Å². The summed E-state index contributed by atoms with van der Waals surface area (Å²) in [6.07, 6.45) is 16.7. The monoisotopic (exact) mass is 1400 g/mol. The van der Waals surface area contributed by atoms with Gasteiger partial charge in [0.25, 0.3) is 0 Å². The van der Waals surface area contributed by atoms with E-state index < -0.39 is 40.7 Å². The number of benzene rings is 7. The van der Waals surface area contributed by atoms with Gasteiger partial charge in [-0.25, -0.2) is 39.5 Å². The van der Waals surface area contributed by atoms with Crippen molar-refractivity contribution in [1.29, 1.82) is 0 Å². The van der Waals surface area contributed by atoms with Gasteiger partial charge in [-0.15, -0.1) is 0 Å². The van der Waals surface area contributed by atoms with Gasteiger partial charge in [0.1, 0.15) is 17.5 Å². The fourth-order valence-corrected chi connectivity index (χ4v) is 10.8. The van der Waals surface area contributed by atoms with Gasteiger partial charge in [0.2, 0.25) is 5.82 Å². The number of rotatable bonds is 0. The van der Waals surface area contributed by atoms with E-state index in [2.05, 4.69) is 85.7 Å². The second-order valence-corrected chi connectivity index (χ2v) is 28.5. The van der Waals surface area contributed by atoms with Crippen LogP contribution in [-0.4, -0.2) is 25.6 Å². The Morgan fingerprint density at radius 1 is 0.374 bits per heavy atom. The van der Waals surface area contributed by atoms with E-state index >= 15 is 0 Å². The minimum Gasteiger partial charge on any atom is -0.487 e. The van der Waals surface area contributed by atoms with E-state index in [1.807, 2.05) is 33.8 Å². The largest absolute Gasteiger partial charge is 0.487 e. The van der Waals surface area contributed by atoms with Crippen LogP contribution < -0.4 is 4.74 Å². The topological polar surface area (TPSA) is 27.7 Å². The molecule has 2 fully saturated rings. The van der Waals surface area contributed by atoms with Crippen LogP contribution in [0, 0.1) is 158 Å². The Labute approximate surface area is 592 Å². The first-order valence-electron chi connectivity index (χ1n) is 34.9. The van der Waals surface area contributed by atoms with Crippen LogP contribution in [0.4, 0.5) is 43.9 Å². The summed E-state index contributed by atoms with van der Waals surface area (Å²) in [5.74, 6) is -1.94. The molecule has 546 valence electrons. The maximum absolute atomic E-state index is 13.6. The molecule has 1 saturated carbocycles. The molecule has 0 amide bonds. The minimum absolute atomic E-state index is 0.0196. The van der Waals surface area contributed by atoms with Crippen LogP contribution in [0.15, 0.2) is 114 Å². The molecule has 2 aliphatic heterocycles. The van der Waals surface area contributed by atoms with Crippen molar-refractivity contribution in [2.24, 2.45) is 29.6 Å². The third-order valence-corrected chi connectivity index (χ3v) is 18.4. The van der Waals surface area contributed by atoms with E-state index in [1.54, 1.807) is 81.8 Å². The van der Waals surface area contributed by atoms with Gasteiger partial charge >= 0.3 is 0 Å². The van der Waals surface area contributed by atoms with Crippen molar-refractivity contribution < 1.29 is 58.1 Å². The number of hydrogen-bond acceptors (Lipinski definition) is 3. The third kappa shape index (κ3) is 30.4. The molecule has 0 spiro atoms. The Hall–Kier alpha value is -6.41. The molecule has 1 saturated heterocycles. The predicted octanol–water partition coefficient (Wildman–Crippen LogP) is 26.9. The summed E-state index contributed by atoms with van der Waals surface area (Å²) in [6, 6.07) is 26.6. The van der Waals surface area contributed by atoms with Crippen LogP contribution in [-0.2, 0) is 15.9 Å². The van der Waals surface area contributed by atoms with Gasteiger partial charge in [0.05, 0.1) is 35.6 Å². The van der Waals surface area contributed by atoms with Crippen LogP contribution in [0.5, 0.6) is 5.75 Å². The molecule has 0 radical (unpaired) electrons. The lowest BCUT2D eigenvalue weighted by molar-refractivity contribution is -0.187.